The number of aryl methyl sites for hydroxylation is 1. The highest BCUT2D eigenvalue weighted by Gasteiger charge is 2.28. The zero-order valence-electron chi connectivity index (χ0n) is 9.73. The first-order valence-corrected chi connectivity index (χ1v) is 5.11. The Morgan fingerprint density at radius 2 is 2.18 bits per heavy atom. The SMILES string of the molecule is Cc1nn(C(C)C)c(-n2cncn2)c1[N+](=O)[O-]. The van der Waals surface area contributed by atoms with E-state index in [2.05, 4.69) is 15.2 Å². The van der Waals surface area contributed by atoms with Gasteiger partial charge in [-0.05, 0) is 20.8 Å². The lowest BCUT2D eigenvalue weighted by atomic mass is 10.3. The van der Waals surface area contributed by atoms with Crippen LogP contribution in [-0.2, 0) is 0 Å². The molecule has 0 radical (unpaired) electrons. The molecule has 0 bridgehead atoms. The Morgan fingerprint density at radius 1 is 1.47 bits per heavy atom. The van der Waals surface area contributed by atoms with E-state index in [1.165, 1.54) is 17.3 Å². The van der Waals surface area contributed by atoms with Gasteiger partial charge in [0.2, 0.25) is 5.82 Å². The van der Waals surface area contributed by atoms with Gasteiger partial charge < -0.3 is 0 Å². The molecule has 0 saturated carbocycles. The molecule has 8 nitrogen and oxygen atoms in total. The summed E-state index contributed by atoms with van der Waals surface area (Å²) in [6.07, 6.45) is 2.75. The van der Waals surface area contributed by atoms with Crippen molar-refractivity contribution in [2.24, 2.45) is 0 Å². The van der Waals surface area contributed by atoms with E-state index in [9.17, 15) is 10.1 Å². The summed E-state index contributed by atoms with van der Waals surface area (Å²) < 4.78 is 2.93. The molecule has 0 spiro atoms. The number of nitro groups is 1. The molecule has 0 unspecified atom stereocenters. The van der Waals surface area contributed by atoms with E-state index in [1.54, 1.807) is 11.6 Å². The Kier molecular flexibility index (Phi) is 2.62. The number of nitrogens with zero attached hydrogens (tertiary/aromatic N) is 6. The summed E-state index contributed by atoms with van der Waals surface area (Å²) in [5.74, 6) is 0.333. The van der Waals surface area contributed by atoms with Gasteiger partial charge in [-0.3, -0.25) is 10.1 Å². The van der Waals surface area contributed by atoms with Gasteiger partial charge in [0.05, 0.1) is 4.92 Å². The zero-order chi connectivity index (χ0) is 12.6. The molecule has 0 aliphatic heterocycles. The predicted molar refractivity (Wildman–Crippen MR) is 58.9 cm³/mol. The molecule has 0 N–H and O–H groups in total. The van der Waals surface area contributed by atoms with Crippen molar-refractivity contribution in [2.75, 3.05) is 0 Å². The summed E-state index contributed by atoms with van der Waals surface area (Å²) in [6, 6.07) is 0.00148. The highest BCUT2D eigenvalue weighted by atomic mass is 16.6. The fourth-order valence-corrected chi connectivity index (χ4v) is 1.63. The first-order valence-electron chi connectivity index (χ1n) is 5.11. The van der Waals surface area contributed by atoms with E-state index < -0.39 is 4.92 Å². The van der Waals surface area contributed by atoms with Crippen LogP contribution in [0.3, 0.4) is 0 Å². The summed E-state index contributed by atoms with van der Waals surface area (Å²) in [4.78, 5) is 14.4. The van der Waals surface area contributed by atoms with E-state index in [0.29, 0.717) is 11.5 Å². The van der Waals surface area contributed by atoms with Crippen LogP contribution >= 0.6 is 0 Å². The van der Waals surface area contributed by atoms with E-state index >= 15 is 0 Å². The Hall–Kier alpha value is -2.25. The number of aromatic nitrogens is 5. The van der Waals surface area contributed by atoms with Gasteiger partial charge in [-0.2, -0.15) is 14.9 Å². The quantitative estimate of drug-likeness (QED) is 0.591. The third-order valence-corrected chi connectivity index (χ3v) is 2.34. The van der Waals surface area contributed by atoms with Crippen molar-refractivity contribution in [2.45, 2.75) is 26.8 Å². The van der Waals surface area contributed by atoms with Gasteiger partial charge >= 0.3 is 5.69 Å². The van der Waals surface area contributed by atoms with Crippen molar-refractivity contribution in [3.63, 3.8) is 0 Å². The maximum atomic E-state index is 11.1. The molecule has 0 aliphatic carbocycles. The molecule has 0 aliphatic rings. The minimum Gasteiger partial charge on any atom is -0.258 e. The Bertz CT molecular complexity index is 542. The molecule has 2 aromatic heterocycles. The van der Waals surface area contributed by atoms with Crippen LogP contribution in [0.1, 0.15) is 25.6 Å². The summed E-state index contributed by atoms with van der Waals surface area (Å²) in [5, 5.41) is 19.2. The van der Waals surface area contributed by atoms with E-state index in [0.717, 1.165) is 0 Å². The van der Waals surface area contributed by atoms with Gasteiger partial charge in [-0.25, -0.2) is 9.67 Å². The maximum absolute atomic E-state index is 11.1. The molecule has 2 heterocycles. The van der Waals surface area contributed by atoms with Crippen molar-refractivity contribution in [1.29, 1.82) is 0 Å². The Labute approximate surface area is 97.0 Å². The van der Waals surface area contributed by atoms with Crippen LogP contribution in [0.2, 0.25) is 0 Å². The molecule has 2 aromatic rings. The zero-order valence-corrected chi connectivity index (χ0v) is 9.73. The molecule has 0 saturated heterocycles. The average Bonchev–Trinajstić information content (AvgIpc) is 2.82. The average molecular weight is 236 g/mol. The smallest absolute Gasteiger partial charge is 0.258 e. The van der Waals surface area contributed by atoms with Gasteiger partial charge in [0.15, 0.2) is 0 Å². The van der Waals surface area contributed by atoms with E-state index in [1.807, 2.05) is 13.8 Å². The minimum atomic E-state index is -0.446. The van der Waals surface area contributed by atoms with Crippen LogP contribution in [0.5, 0.6) is 0 Å². The highest BCUT2D eigenvalue weighted by molar-refractivity contribution is 5.50. The molecular weight excluding hydrogens is 224 g/mol. The minimum absolute atomic E-state index is 0.00148. The van der Waals surface area contributed by atoms with Crippen molar-refractivity contribution in [1.82, 2.24) is 24.5 Å². The Morgan fingerprint density at radius 3 is 2.65 bits per heavy atom. The van der Waals surface area contributed by atoms with Gasteiger partial charge in [-0.1, -0.05) is 0 Å². The summed E-state index contributed by atoms with van der Waals surface area (Å²) in [5.41, 5.74) is 0.332. The molecule has 17 heavy (non-hydrogen) atoms. The molecule has 0 atom stereocenters. The van der Waals surface area contributed by atoms with Crippen LogP contribution in [0, 0.1) is 17.0 Å². The molecule has 8 heteroatoms. The second kappa shape index (κ2) is 3.96. The van der Waals surface area contributed by atoms with Crippen molar-refractivity contribution < 1.29 is 4.92 Å². The molecule has 0 amide bonds. The van der Waals surface area contributed by atoms with Crippen molar-refractivity contribution in [3.8, 4) is 5.82 Å². The fraction of sp³-hybridized carbons (Fsp3) is 0.444. The lowest BCUT2D eigenvalue weighted by Gasteiger charge is -2.08. The number of rotatable bonds is 3. The fourth-order valence-electron chi connectivity index (χ4n) is 1.63. The standard InChI is InChI=1S/C9H12N6O2/c1-6(2)14-9(13-5-10-4-11-13)8(15(16)17)7(3)12-14/h4-6H,1-3H3. The topological polar surface area (TPSA) is 91.7 Å². The predicted octanol–water partition coefficient (Wildman–Crippen LogP) is 1.26. The third-order valence-electron chi connectivity index (χ3n) is 2.34. The highest BCUT2D eigenvalue weighted by Crippen LogP contribution is 2.28. The van der Waals surface area contributed by atoms with Gasteiger partial charge in [0, 0.05) is 6.04 Å². The normalized spacial score (nSPS) is 11.1. The van der Waals surface area contributed by atoms with E-state index in [-0.39, 0.29) is 11.7 Å². The van der Waals surface area contributed by atoms with Gasteiger partial charge in [0.25, 0.3) is 0 Å². The van der Waals surface area contributed by atoms with Crippen LogP contribution < -0.4 is 0 Å². The molecule has 90 valence electrons. The number of hydrogen-bond acceptors (Lipinski definition) is 5. The van der Waals surface area contributed by atoms with Gasteiger partial charge in [-0.15, -0.1) is 0 Å². The maximum Gasteiger partial charge on any atom is 0.336 e. The lowest BCUT2D eigenvalue weighted by molar-refractivity contribution is -0.385. The second-order valence-corrected chi connectivity index (χ2v) is 3.89. The third kappa shape index (κ3) is 1.77. The lowest BCUT2D eigenvalue weighted by Crippen LogP contribution is -2.11. The molecular formula is C9H12N6O2. The van der Waals surface area contributed by atoms with Crippen LogP contribution in [0.25, 0.3) is 5.82 Å². The van der Waals surface area contributed by atoms with Crippen LogP contribution in [0.4, 0.5) is 5.69 Å². The largest absolute Gasteiger partial charge is 0.336 e. The van der Waals surface area contributed by atoms with Crippen molar-refractivity contribution >= 4 is 5.69 Å². The molecule has 0 fully saturated rings. The molecule has 2 rings (SSSR count). The summed E-state index contributed by atoms with van der Waals surface area (Å²) in [6.45, 7) is 5.41. The monoisotopic (exact) mass is 236 g/mol. The van der Waals surface area contributed by atoms with Crippen LogP contribution in [0.15, 0.2) is 12.7 Å². The van der Waals surface area contributed by atoms with Crippen molar-refractivity contribution in [3.05, 3.63) is 28.5 Å². The number of hydrogen-bond donors (Lipinski definition) is 0. The molecule has 0 aromatic carbocycles. The summed E-state index contributed by atoms with van der Waals surface area (Å²) >= 11 is 0. The van der Waals surface area contributed by atoms with Gasteiger partial charge in [0.1, 0.15) is 18.3 Å². The van der Waals surface area contributed by atoms with Crippen LogP contribution in [-0.4, -0.2) is 29.5 Å². The Balaban J connectivity index is 2.73. The van der Waals surface area contributed by atoms with E-state index in [4.69, 9.17) is 0 Å². The summed E-state index contributed by atoms with van der Waals surface area (Å²) in [7, 11) is 0. The second-order valence-electron chi connectivity index (χ2n) is 3.89. The first-order chi connectivity index (χ1) is 8.02. The first kappa shape index (κ1) is 11.2.